The summed E-state index contributed by atoms with van der Waals surface area (Å²) in [6, 6.07) is 10.2. The molecule has 0 amide bonds. The van der Waals surface area contributed by atoms with Gasteiger partial charge in [0.1, 0.15) is 5.75 Å². The third-order valence-corrected chi connectivity index (χ3v) is 4.55. The monoisotopic (exact) mass is 257 g/mol. The molecule has 0 aromatic heterocycles. The Morgan fingerprint density at radius 3 is 2.42 bits per heavy atom. The summed E-state index contributed by atoms with van der Waals surface area (Å²) < 4.78 is 0. The smallest absolute Gasteiger partial charge is 0.115 e. The lowest BCUT2D eigenvalue weighted by molar-refractivity contribution is 0.224. The Morgan fingerprint density at radius 2 is 1.89 bits per heavy atom. The second-order valence-corrected chi connectivity index (χ2v) is 5.86. The molecule has 0 spiro atoms. The van der Waals surface area contributed by atoms with Crippen LogP contribution in [0.4, 0.5) is 0 Å². The van der Waals surface area contributed by atoms with Gasteiger partial charge in [0.05, 0.1) is 11.5 Å². The van der Waals surface area contributed by atoms with Crippen molar-refractivity contribution in [1.82, 2.24) is 0 Å². The van der Waals surface area contributed by atoms with Crippen molar-refractivity contribution in [3.63, 3.8) is 0 Å². The number of phenols is 1. The van der Waals surface area contributed by atoms with Crippen LogP contribution in [0, 0.1) is 16.7 Å². The zero-order valence-corrected chi connectivity index (χ0v) is 11.7. The van der Waals surface area contributed by atoms with Gasteiger partial charge in [0.2, 0.25) is 0 Å². The van der Waals surface area contributed by atoms with Gasteiger partial charge in [0, 0.05) is 0 Å². The summed E-state index contributed by atoms with van der Waals surface area (Å²) >= 11 is 0. The summed E-state index contributed by atoms with van der Waals surface area (Å²) in [6.45, 7) is 2.19. The van der Waals surface area contributed by atoms with Crippen LogP contribution in [-0.4, -0.2) is 5.11 Å². The van der Waals surface area contributed by atoms with Crippen LogP contribution in [0.3, 0.4) is 0 Å². The molecule has 1 aromatic carbocycles. The predicted octanol–water partition coefficient (Wildman–Crippen LogP) is 4.75. The van der Waals surface area contributed by atoms with Crippen LogP contribution < -0.4 is 0 Å². The number of phenolic OH excluding ortho intramolecular Hbond substituents is 1. The second-order valence-electron chi connectivity index (χ2n) is 5.86. The molecule has 1 aliphatic carbocycles. The lowest BCUT2D eigenvalue weighted by Gasteiger charge is -2.35. The van der Waals surface area contributed by atoms with Crippen molar-refractivity contribution in [2.24, 2.45) is 5.41 Å². The number of benzene rings is 1. The number of nitrogens with zero attached hydrogens (tertiary/aromatic N) is 1. The third-order valence-electron chi connectivity index (χ3n) is 4.55. The Labute approximate surface area is 116 Å². The lowest BCUT2D eigenvalue weighted by atomic mass is 9.67. The zero-order chi connectivity index (χ0) is 13.7. The molecule has 0 heterocycles. The van der Waals surface area contributed by atoms with E-state index >= 15 is 0 Å². The van der Waals surface area contributed by atoms with Crippen LogP contribution in [0.15, 0.2) is 24.3 Å². The van der Waals surface area contributed by atoms with E-state index in [9.17, 15) is 10.4 Å². The van der Waals surface area contributed by atoms with Crippen molar-refractivity contribution in [2.45, 2.75) is 57.8 Å². The highest BCUT2D eigenvalue weighted by atomic mass is 16.3. The molecule has 2 heteroatoms. The van der Waals surface area contributed by atoms with Crippen LogP contribution in [-0.2, 0) is 0 Å². The summed E-state index contributed by atoms with van der Waals surface area (Å²) in [6.07, 6.45) is 7.64. The molecule has 0 aliphatic heterocycles. The van der Waals surface area contributed by atoms with Crippen LogP contribution in [0.1, 0.15) is 63.4 Å². The molecule has 0 bridgehead atoms. The van der Waals surface area contributed by atoms with Crippen molar-refractivity contribution >= 4 is 0 Å². The molecule has 1 aromatic rings. The Morgan fingerprint density at radius 1 is 1.26 bits per heavy atom. The van der Waals surface area contributed by atoms with E-state index in [2.05, 4.69) is 13.0 Å². The fourth-order valence-corrected chi connectivity index (χ4v) is 3.18. The maximum absolute atomic E-state index is 9.48. The summed E-state index contributed by atoms with van der Waals surface area (Å²) in [7, 11) is 0. The van der Waals surface area contributed by atoms with E-state index in [0.29, 0.717) is 11.7 Å². The molecule has 1 fully saturated rings. The van der Waals surface area contributed by atoms with E-state index in [1.165, 1.54) is 12.0 Å². The van der Waals surface area contributed by atoms with E-state index in [-0.39, 0.29) is 5.41 Å². The van der Waals surface area contributed by atoms with Gasteiger partial charge in [0.25, 0.3) is 0 Å². The second kappa shape index (κ2) is 6.10. The summed E-state index contributed by atoms with van der Waals surface area (Å²) in [4.78, 5) is 0. The normalized spacial score (nSPS) is 26.8. The molecular formula is C17H23NO. The number of nitriles is 1. The van der Waals surface area contributed by atoms with Gasteiger partial charge in [-0.2, -0.15) is 5.26 Å². The standard InChI is InChI=1S/C17H23NO/c1-2-3-10-17(13-18)11-8-15(9-12-17)14-4-6-16(19)7-5-14/h4-7,15,19H,2-3,8-12H2,1H3. The van der Waals surface area contributed by atoms with Gasteiger partial charge in [-0.3, -0.25) is 0 Å². The average molecular weight is 257 g/mol. The quantitative estimate of drug-likeness (QED) is 0.845. The van der Waals surface area contributed by atoms with E-state index < -0.39 is 0 Å². The van der Waals surface area contributed by atoms with Crippen LogP contribution in [0.5, 0.6) is 5.75 Å². The molecule has 0 unspecified atom stereocenters. The van der Waals surface area contributed by atoms with Gasteiger partial charge in [-0.1, -0.05) is 31.9 Å². The molecule has 0 saturated heterocycles. The third kappa shape index (κ3) is 3.29. The first-order valence-corrected chi connectivity index (χ1v) is 7.39. The first kappa shape index (κ1) is 13.9. The SMILES string of the molecule is CCCCC1(C#N)CCC(c2ccc(O)cc2)CC1. The number of hydrogen-bond acceptors (Lipinski definition) is 2. The van der Waals surface area contributed by atoms with Crippen LogP contribution in [0.2, 0.25) is 0 Å². The maximum Gasteiger partial charge on any atom is 0.115 e. The van der Waals surface area contributed by atoms with E-state index in [0.717, 1.165) is 38.5 Å². The minimum atomic E-state index is -0.0660. The number of rotatable bonds is 4. The molecule has 102 valence electrons. The zero-order valence-electron chi connectivity index (χ0n) is 11.7. The van der Waals surface area contributed by atoms with Crippen LogP contribution in [0.25, 0.3) is 0 Å². The van der Waals surface area contributed by atoms with Gasteiger partial charge in [-0.15, -0.1) is 0 Å². The molecule has 0 radical (unpaired) electrons. The maximum atomic E-state index is 9.48. The number of hydrogen-bond donors (Lipinski definition) is 1. The van der Waals surface area contributed by atoms with E-state index in [1.54, 1.807) is 12.1 Å². The fraction of sp³-hybridized carbons (Fsp3) is 0.588. The number of aromatic hydroxyl groups is 1. The van der Waals surface area contributed by atoms with Crippen LogP contribution >= 0.6 is 0 Å². The van der Waals surface area contributed by atoms with E-state index in [1.807, 2.05) is 12.1 Å². The minimum Gasteiger partial charge on any atom is -0.508 e. The number of unbranched alkanes of at least 4 members (excludes halogenated alkanes) is 1. The minimum absolute atomic E-state index is 0.0660. The largest absolute Gasteiger partial charge is 0.508 e. The highest BCUT2D eigenvalue weighted by molar-refractivity contribution is 5.29. The molecule has 2 rings (SSSR count). The van der Waals surface area contributed by atoms with Gasteiger partial charge in [0.15, 0.2) is 0 Å². The average Bonchev–Trinajstić information content (AvgIpc) is 2.47. The summed E-state index contributed by atoms with van der Waals surface area (Å²) in [5, 5.41) is 18.8. The first-order chi connectivity index (χ1) is 9.19. The highest BCUT2D eigenvalue weighted by Crippen LogP contribution is 2.45. The Bertz CT molecular complexity index is 435. The Balaban J connectivity index is 1.98. The van der Waals surface area contributed by atoms with Crippen molar-refractivity contribution in [3.05, 3.63) is 29.8 Å². The molecule has 1 N–H and O–H groups in total. The van der Waals surface area contributed by atoms with Gasteiger partial charge >= 0.3 is 0 Å². The highest BCUT2D eigenvalue weighted by Gasteiger charge is 2.35. The van der Waals surface area contributed by atoms with E-state index in [4.69, 9.17) is 0 Å². The molecule has 0 atom stereocenters. The van der Waals surface area contributed by atoms with Gasteiger partial charge in [-0.25, -0.2) is 0 Å². The molecule has 1 saturated carbocycles. The molecule has 19 heavy (non-hydrogen) atoms. The Kier molecular flexibility index (Phi) is 4.47. The lowest BCUT2D eigenvalue weighted by Crippen LogP contribution is -2.25. The van der Waals surface area contributed by atoms with Crippen molar-refractivity contribution in [1.29, 1.82) is 5.26 Å². The van der Waals surface area contributed by atoms with Crippen molar-refractivity contribution in [2.75, 3.05) is 0 Å². The summed E-state index contributed by atoms with van der Waals surface area (Å²) in [5.41, 5.74) is 1.24. The fourth-order valence-electron chi connectivity index (χ4n) is 3.18. The summed E-state index contributed by atoms with van der Waals surface area (Å²) in [5.74, 6) is 0.887. The molecule has 2 nitrogen and oxygen atoms in total. The molecule has 1 aliphatic rings. The van der Waals surface area contributed by atoms with Crippen molar-refractivity contribution < 1.29 is 5.11 Å². The predicted molar refractivity (Wildman–Crippen MR) is 76.9 cm³/mol. The molecular weight excluding hydrogens is 234 g/mol. The van der Waals surface area contributed by atoms with Gasteiger partial charge < -0.3 is 5.11 Å². The first-order valence-electron chi connectivity index (χ1n) is 7.39. The van der Waals surface area contributed by atoms with Crippen molar-refractivity contribution in [3.8, 4) is 11.8 Å². The Hall–Kier alpha value is -1.49. The van der Waals surface area contributed by atoms with Gasteiger partial charge in [-0.05, 0) is 55.7 Å². The topological polar surface area (TPSA) is 44.0 Å².